The molecule has 0 atom stereocenters. The van der Waals surface area contributed by atoms with E-state index in [2.05, 4.69) is 4.98 Å². The zero-order valence-corrected chi connectivity index (χ0v) is 9.29. The van der Waals surface area contributed by atoms with Gasteiger partial charge in [0.1, 0.15) is 10.8 Å². The molecule has 0 saturated heterocycles. The smallest absolute Gasteiger partial charge is 0.148 e. The molecule has 0 aliphatic heterocycles. The summed E-state index contributed by atoms with van der Waals surface area (Å²) in [4.78, 5) is 5.03. The molecule has 0 aliphatic rings. The van der Waals surface area contributed by atoms with Crippen molar-refractivity contribution in [1.82, 2.24) is 4.98 Å². The number of benzene rings is 1. The van der Waals surface area contributed by atoms with E-state index in [0.29, 0.717) is 10.0 Å². The second kappa shape index (κ2) is 4.55. The summed E-state index contributed by atoms with van der Waals surface area (Å²) < 4.78 is 0. The highest BCUT2D eigenvalue weighted by atomic mass is 35.5. The van der Waals surface area contributed by atoms with Gasteiger partial charge in [-0.15, -0.1) is 0 Å². The fourth-order valence-corrected chi connectivity index (χ4v) is 2.20. The minimum atomic E-state index is 0.183. The summed E-state index contributed by atoms with van der Waals surface area (Å²) in [5, 5.41) is 10.8. The Labute approximate surface area is 96.9 Å². The van der Waals surface area contributed by atoms with Crippen molar-refractivity contribution in [3.05, 3.63) is 47.6 Å². The molecule has 1 heterocycles. The molecule has 4 heteroatoms. The zero-order chi connectivity index (χ0) is 10.7. The summed E-state index contributed by atoms with van der Waals surface area (Å²) in [5.41, 5.74) is 0. The molecule has 2 aromatic rings. The Hall–Kier alpha value is -1.19. The van der Waals surface area contributed by atoms with Crippen LogP contribution in [0.2, 0.25) is 5.02 Å². The maximum absolute atomic E-state index is 9.52. The Morgan fingerprint density at radius 2 is 2.07 bits per heavy atom. The van der Waals surface area contributed by atoms with E-state index in [1.165, 1.54) is 11.8 Å². The molecule has 0 radical (unpaired) electrons. The number of halogens is 1. The predicted octanol–water partition coefficient (Wildman–Crippen LogP) is 3.59. The second-order valence-electron chi connectivity index (χ2n) is 2.89. The number of pyridine rings is 1. The van der Waals surface area contributed by atoms with Gasteiger partial charge in [-0.1, -0.05) is 29.4 Å². The van der Waals surface area contributed by atoms with Crippen molar-refractivity contribution in [2.24, 2.45) is 0 Å². The van der Waals surface area contributed by atoms with E-state index < -0.39 is 0 Å². The third-order valence-corrected chi connectivity index (χ3v) is 2.99. The highest BCUT2D eigenvalue weighted by molar-refractivity contribution is 7.99. The van der Waals surface area contributed by atoms with E-state index in [9.17, 15) is 5.11 Å². The van der Waals surface area contributed by atoms with Gasteiger partial charge in [-0.3, -0.25) is 0 Å². The third-order valence-electron chi connectivity index (χ3n) is 1.76. The fourth-order valence-electron chi connectivity index (χ4n) is 1.10. The van der Waals surface area contributed by atoms with Gasteiger partial charge in [0, 0.05) is 16.1 Å². The van der Waals surface area contributed by atoms with Crippen LogP contribution in [0, 0.1) is 0 Å². The first-order valence-corrected chi connectivity index (χ1v) is 5.52. The molecule has 0 unspecified atom stereocenters. The maximum Gasteiger partial charge on any atom is 0.148 e. The lowest BCUT2D eigenvalue weighted by atomic mass is 10.4. The highest BCUT2D eigenvalue weighted by Crippen LogP contribution is 2.32. The third kappa shape index (κ3) is 2.64. The quantitative estimate of drug-likeness (QED) is 0.867. The lowest BCUT2D eigenvalue weighted by molar-refractivity contribution is 0.457. The van der Waals surface area contributed by atoms with E-state index in [0.717, 1.165) is 4.90 Å². The van der Waals surface area contributed by atoms with E-state index in [1.807, 2.05) is 24.3 Å². The monoisotopic (exact) mass is 237 g/mol. The molecule has 2 nitrogen and oxygen atoms in total. The van der Waals surface area contributed by atoms with Crippen molar-refractivity contribution in [2.45, 2.75) is 9.92 Å². The Kier molecular flexibility index (Phi) is 3.14. The van der Waals surface area contributed by atoms with E-state index in [-0.39, 0.29) is 5.75 Å². The summed E-state index contributed by atoms with van der Waals surface area (Å²) in [6, 6.07) is 10.7. The van der Waals surface area contributed by atoms with Crippen LogP contribution in [0.15, 0.2) is 52.5 Å². The lowest BCUT2D eigenvalue weighted by Crippen LogP contribution is -1.79. The number of hydrogen-bond donors (Lipinski definition) is 1. The Morgan fingerprint density at radius 3 is 2.80 bits per heavy atom. The van der Waals surface area contributed by atoms with Crippen LogP contribution in [0.5, 0.6) is 5.75 Å². The number of nitrogens with zero attached hydrogens (tertiary/aromatic N) is 1. The molecular formula is C11H8ClNOS. The topological polar surface area (TPSA) is 33.1 Å². The van der Waals surface area contributed by atoms with Crippen LogP contribution in [0.4, 0.5) is 0 Å². The molecule has 76 valence electrons. The van der Waals surface area contributed by atoms with Gasteiger partial charge >= 0.3 is 0 Å². The summed E-state index contributed by atoms with van der Waals surface area (Å²) >= 11 is 7.24. The molecule has 0 bridgehead atoms. The summed E-state index contributed by atoms with van der Waals surface area (Å²) in [5.74, 6) is 0.183. The first-order valence-electron chi connectivity index (χ1n) is 4.33. The zero-order valence-electron chi connectivity index (χ0n) is 7.72. The number of aromatic hydroxyl groups is 1. The number of aromatic nitrogens is 1. The highest BCUT2D eigenvalue weighted by Gasteiger charge is 2.03. The molecule has 1 aromatic carbocycles. The maximum atomic E-state index is 9.52. The second-order valence-corrected chi connectivity index (χ2v) is 4.39. The Morgan fingerprint density at radius 1 is 1.20 bits per heavy atom. The molecule has 0 spiro atoms. The van der Waals surface area contributed by atoms with Crippen molar-refractivity contribution >= 4 is 23.4 Å². The molecule has 0 saturated carbocycles. The van der Waals surface area contributed by atoms with Crippen LogP contribution in [0.1, 0.15) is 0 Å². The largest absolute Gasteiger partial charge is 0.505 e. The van der Waals surface area contributed by atoms with Gasteiger partial charge in [-0.2, -0.15) is 0 Å². The molecule has 0 amide bonds. The first kappa shape index (κ1) is 10.3. The van der Waals surface area contributed by atoms with Crippen LogP contribution in [0.3, 0.4) is 0 Å². The molecular weight excluding hydrogens is 230 g/mol. The average Bonchev–Trinajstić information content (AvgIpc) is 2.22. The minimum absolute atomic E-state index is 0.183. The van der Waals surface area contributed by atoms with E-state index in [4.69, 9.17) is 11.6 Å². The van der Waals surface area contributed by atoms with Crippen LogP contribution >= 0.6 is 23.4 Å². The van der Waals surface area contributed by atoms with Gasteiger partial charge in [0.25, 0.3) is 0 Å². The van der Waals surface area contributed by atoms with E-state index in [1.54, 1.807) is 18.3 Å². The van der Waals surface area contributed by atoms with Crippen molar-refractivity contribution in [1.29, 1.82) is 0 Å². The molecule has 15 heavy (non-hydrogen) atoms. The molecule has 1 aromatic heterocycles. The summed E-state index contributed by atoms with van der Waals surface area (Å²) in [6.07, 6.45) is 1.65. The van der Waals surface area contributed by atoms with Gasteiger partial charge in [0.05, 0.1) is 0 Å². The molecule has 2 rings (SSSR count). The number of rotatable bonds is 2. The van der Waals surface area contributed by atoms with Gasteiger partial charge < -0.3 is 5.11 Å². The Bertz CT molecular complexity index is 476. The summed E-state index contributed by atoms with van der Waals surface area (Å²) in [7, 11) is 0. The minimum Gasteiger partial charge on any atom is -0.505 e. The van der Waals surface area contributed by atoms with Crippen LogP contribution in [-0.4, -0.2) is 10.1 Å². The fraction of sp³-hybridized carbons (Fsp3) is 0. The predicted molar refractivity (Wildman–Crippen MR) is 61.5 cm³/mol. The van der Waals surface area contributed by atoms with Crippen LogP contribution < -0.4 is 0 Å². The van der Waals surface area contributed by atoms with Gasteiger partial charge in [-0.25, -0.2) is 4.98 Å². The molecule has 0 fully saturated rings. The van der Waals surface area contributed by atoms with E-state index >= 15 is 0 Å². The van der Waals surface area contributed by atoms with Crippen molar-refractivity contribution in [3.63, 3.8) is 0 Å². The van der Waals surface area contributed by atoms with Crippen molar-refractivity contribution < 1.29 is 5.11 Å². The van der Waals surface area contributed by atoms with Crippen molar-refractivity contribution in [2.75, 3.05) is 0 Å². The SMILES string of the molecule is Oc1cccnc1Sc1cccc(Cl)c1. The molecule has 0 aliphatic carbocycles. The Balaban J connectivity index is 2.26. The average molecular weight is 238 g/mol. The van der Waals surface area contributed by atoms with Crippen LogP contribution in [-0.2, 0) is 0 Å². The first-order chi connectivity index (χ1) is 7.25. The summed E-state index contributed by atoms with van der Waals surface area (Å²) in [6.45, 7) is 0. The van der Waals surface area contributed by atoms with Gasteiger partial charge in [-0.05, 0) is 30.3 Å². The standard InChI is InChI=1S/C11H8ClNOS/c12-8-3-1-4-9(7-8)15-11-10(14)5-2-6-13-11/h1-7,14H. The van der Waals surface area contributed by atoms with Gasteiger partial charge in [0.15, 0.2) is 0 Å². The van der Waals surface area contributed by atoms with Crippen LogP contribution in [0.25, 0.3) is 0 Å². The van der Waals surface area contributed by atoms with Gasteiger partial charge in [0.2, 0.25) is 0 Å². The van der Waals surface area contributed by atoms with Crippen molar-refractivity contribution in [3.8, 4) is 5.75 Å². The molecule has 1 N–H and O–H groups in total. The lowest BCUT2D eigenvalue weighted by Gasteiger charge is -2.02. The normalized spacial score (nSPS) is 10.2. The number of hydrogen-bond acceptors (Lipinski definition) is 3.